The number of benzene rings is 1. The Balaban J connectivity index is 1.85. The number of phenols is 1. The predicted octanol–water partition coefficient (Wildman–Crippen LogP) is 2.23. The number of halogens is 1. The van der Waals surface area contributed by atoms with Crippen LogP contribution in [0.25, 0.3) is 0 Å². The number of aromatic hydroxyl groups is 1. The first kappa shape index (κ1) is 13.9. The minimum atomic E-state index is -0.566. The minimum Gasteiger partial charge on any atom is -0.508 e. The number of fused-ring (bicyclic) bond motifs is 1. The fourth-order valence-corrected chi connectivity index (χ4v) is 3.03. The second kappa shape index (κ2) is 5.37. The van der Waals surface area contributed by atoms with Crippen molar-refractivity contribution in [1.82, 2.24) is 4.98 Å². The summed E-state index contributed by atoms with van der Waals surface area (Å²) < 4.78 is 0.772. The van der Waals surface area contributed by atoms with Gasteiger partial charge in [0.05, 0.1) is 5.69 Å². The molecule has 1 unspecified atom stereocenters. The molecule has 0 spiro atoms. The number of hydrogen-bond acceptors (Lipinski definition) is 4. The van der Waals surface area contributed by atoms with Gasteiger partial charge in [0.2, 0.25) is 0 Å². The third-order valence-corrected chi connectivity index (χ3v) is 4.05. The van der Waals surface area contributed by atoms with Gasteiger partial charge in [-0.25, -0.2) is 4.98 Å². The first-order valence-electron chi connectivity index (χ1n) is 6.56. The summed E-state index contributed by atoms with van der Waals surface area (Å²) in [6, 6.07) is 7.42. The van der Waals surface area contributed by atoms with Gasteiger partial charge >= 0.3 is 0 Å². The maximum Gasteiger partial charge on any atom is 0.269 e. The van der Waals surface area contributed by atoms with E-state index < -0.39 is 5.91 Å². The minimum absolute atomic E-state index is 0.0995. The Morgan fingerprint density at radius 1 is 1.43 bits per heavy atom. The average Bonchev–Trinajstić information content (AvgIpc) is 2.82. The van der Waals surface area contributed by atoms with Crippen LogP contribution in [-0.4, -0.2) is 22.0 Å². The van der Waals surface area contributed by atoms with Crippen LogP contribution in [0.2, 0.25) is 0 Å². The van der Waals surface area contributed by atoms with Crippen LogP contribution in [0.1, 0.15) is 21.6 Å². The number of amides is 1. The Labute approximate surface area is 130 Å². The highest BCUT2D eigenvalue weighted by atomic mass is 79.9. The molecule has 0 saturated heterocycles. The number of aromatic nitrogens is 1. The van der Waals surface area contributed by atoms with Crippen molar-refractivity contribution in [3.63, 3.8) is 0 Å². The van der Waals surface area contributed by atoms with Crippen molar-refractivity contribution >= 4 is 27.5 Å². The fourth-order valence-electron chi connectivity index (χ4n) is 2.70. The van der Waals surface area contributed by atoms with Crippen molar-refractivity contribution in [3.8, 4) is 5.75 Å². The molecule has 21 heavy (non-hydrogen) atoms. The van der Waals surface area contributed by atoms with E-state index in [0.29, 0.717) is 17.9 Å². The highest BCUT2D eigenvalue weighted by Crippen LogP contribution is 2.31. The first-order chi connectivity index (χ1) is 10.0. The molecule has 0 fully saturated rings. The van der Waals surface area contributed by atoms with Gasteiger partial charge in [-0.2, -0.15) is 0 Å². The summed E-state index contributed by atoms with van der Waals surface area (Å²) in [5.41, 5.74) is 8.26. The fraction of sp³-hybridized carbons (Fsp3) is 0.200. The Morgan fingerprint density at radius 2 is 2.24 bits per heavy atom. The molecule has 6 heteroatoms. The maximum atomic E-state index is 11.4. The van der Waals surface area contributed by atoms with Crippen molar-refractivity contribution in [1.29, 1.82) is 0 Å². The molecule has 0 radical (unpaired) electrons. The molecule has 108 valence electrons. The summed E-state index contributed by atoms with van der Waals surface area (Å²) in [6.45, 7) is 0. The zero-order valence-corrected chi connectivity index (χ0v) is 12.7. The van der Waals surface area contributed by atoms with Gasteiger partial charge < -0.3 is 16.2 Å². The lowest BCUT2D eigenvalue weighted by Crippen LogP contribution is -2.23. The maximum absolute atomic E-state index is 11.4. The smallest absolute Gasteiger partial charge is 0.269 e. The Hall–Kier alpha value is -2.08. The molecule has 1 aliphatic rings. The molecule has 0 saturated carbocycles. The topological polar surface area (TPSA) is 88.2 Å². The van der Waals surface area contributed by atoms with Crippen LogP contribution in [0, 0.1) is 0 Å². The third-order valence-electron chi connectivity index (χ3n) is 3.61. The Bertz CT molecular complexity index is 718. The van der Waals surface area contributed by atoms with Gasteiger partial charge in [0.15, 0.2) is 5.69 Å². The Morgan fingerprint density at radius 3 is 2.95 bits per heavy atom. The molecule has 1 amide bonds. The van der Waals surface area contributed by atoms with Crippen molar-refractivity contribution < 1.29 is 9.90 Å². The van der Waals surface area contributed by atoms with Crippen molar-refractivity contribution in [2.45, 2.75) is 18.9 Å². The van der Waals surface area contributed by atoms with Crippen molar-refractivity contribution in [2.75, 3.05) is 5.32 Å². The van der Waals surface area contributed by atoms with Gasteiger partial charge in [-0.15, -0.1) is 0 Å². The number of primary amides is 1. The SMILES string of the molecule is NC(=O)c1ncc(Br)cc1NC1Cc2cccc(O)c2C1. The van der Waals surface area contributed by atoms with Crippen molar-refractivity contribution in [3.05, 3.63) is 51.8 Å². The number of nitrogens with zero attached hydrogens (tertiary/aromatic N) is 1. The van der Waals surface area contributed by atoms with E-state index in [1.807, 2.05) is 12.1 Å². The summed E-state index contributed by atoms with van der Waals surface area (Å²) >= 11 is 3.34. The zero-order chi connectivity index (χ0) is 15.0. The van der Waals surface area contributed by atoms with E-state index in [2.05, 4.69) is 26.2 Å². The highest BCUT2D eigenvalue weighted by molar-refractivity contribution is 9.10. The molecule has 3 rings (SSSR count). The second-order valence-electron chi connectivity index (χ2n) is 5.08. The number of pyridine rings is 1. The standard InChI is InChI=1S/C15H14BrN3O2/c16-9-5-12(14(15(17)21)18-7-9)19-10-4-8-2-1-3-13(20)11(8)6-10/h1-3,5,7,10,19-20H,4,6H2,(H2,17,21). The summed E-state index contributed by atoms with van der Waals surface area (Å²) in [4.78, 5) is 15.5. The van der Waals surface area contributed by atoms with Crippen LogP contribution >= 0.6 is 15.9 Å². The van der Waals surface area contributed by atoms with Crippen molar-refractivity contribution in [2.24, 2.45) is 5.73 Å². The number of phenolic OH excluding ortho intramolecular Hbond substituents is 1. The molecular weight excluding hydrogens is 334 g/mol. The average molecular weight is 348 g/mol. The van der Waals surface area contributed by atoms with Crippen LogP contribution in [0.15, 0.2) is 34.9 Å². The summed E-state index contributed by atoms with van der Waals surface area (Å²) in [7, 11) is 0. The first-order valence-corrected chi connectivity index (χ1v) is 7.35. The largest absolute Gasteiger partial charge is 0.508 e. The van der Waals surface area contributed by atoms with Gasteiger partial charge in [-0.05, 0) is 52.0 Å². The van der Waals surface area contributed by atoms with Crippen LogP contribution in [0.4, 0.5) is 5.69 Å². The molecule has 0 aliphatic heterocycles. The summed E-state index contributed by atoms with van der Waals surface area (Å²) in [5.74, 6) is -0.248. The second-order valence-corrected chi connectivity index (χ2v) is 5.99. The normalized spacial score (nSPS) is 16.5. The molecular formula is C15H14BrN3O2. The van der Waals surface area contributed by atoms with Crippen LogP contribution < -0.4 is 11.1 Å². The number of hydrogen-bond donors (Lipinski definition) is 3. The quantitative estimate of drug-likeness (QED) is 0.794. The number of anilines is 1. The lowest BCUT2D eigenvalue weighted by molar-refractivity contribution is 0.0996. The zero-order valence-electron chi connectivity index (χ0n) is 11.1. The predicted molar refractivity (Wildman–Crippen MR) is 83.4 cm³/mol. The van der Waals surface area contributed by atoms with Crippen LogP contribution in [0.3, 0.4) is 0 Å². The molecule has 4 N–H and O–H groups in total. The third kappa shape index (κ3) is 2.71. The molecule has 1 atom stereocenters. The summed E-state index contributed by atoms with van der Waals surface area (Å²) in [6.07, 6.45) is 3.03. The molecule has 0 bridgehead atoms. The molecule has 1 heterocycles. The van der Waals surface area contributed by atoms with Crippen LogP contribution in [0.5, 0.6) is 5.75 Å². The van der Waals surface area contributed by atoms with E-state index in [9.17, 15) is 9.90 Å². The lowest BCUT2D eigenvalue weighted by Gasteiger charge is -2.15. The molecule has 1 aromatic heterocycles. The van der Waals surface area contributed by atoms with E-state index in [4.69, 9.17) is 5.73 Å². The van der Waals surface area contributed by atoms with Gasteiger partial charge in [0, 0.05) is 16.7 Å². The number of carbonyl (C=O) groups excluding carboxylic acids is 1. The summed E-state index contributed by atoms with van der Waals surface area (Å²) in [5, 5.41) is 13.2. The monoisotopic (exact) mass is 347 g/mol. The number of nitrogens with one attached hydrogen (secondary N) is 1. The van der Waals surface area contributed by atoms with E-state index in [1.54, 1.807) is 18.3 Å². The number of carbonyl (C=O) groups is 1. The van der Waals surface area contributed by atoms with Gasteiger partial charge in [0.25, 0.3) is 5.91 Å². The van der Waals surface area contributed by atoms with E-state index in [-0.39, 0.29) is 11.7 Å². The van der Waals surface area contributed by atoms with Crippen LogP contribution in [-0.2, 0) is 12.8 Å². The molecule has 2 aromatic rings. The number of rotatable bonds is 3. The lowest BCUT2D eigenvalue weighted by atomic mass is 10.1. The Kier molecular flexibility index (Phi) is 3.55. The van der Waals surface area contributed by atoms with E-state index in [1.165, 1.54) is 0 Å². The number of nitrogens with two attached hydrogens (primary N) is 1. The van der Waals surface area contributed by atoms with Gasteiger partial charge in [-0.1, -0.05) is 12.1 Å². The van der Waals surface area contributed by atoms with Gasteiger partial charge in [0.1, 0.15) is 5.75 Å². The highest BCUT2D eigenvalue weighted by Gasteiger charge is 2.25. The van der Waals surface area contributed by atoms with Gasteiger partial charge in [-0.3, -0.25) is 4.79 Å². The van der Waals surface area contributed by atoms with E-state index in [0.717, 1.165) is 22.0 Å². The molecule has 5 nitrogen and oxygen atoms in total. The van der Waals surface area contributed by atoms with E-state index >= 15 is 0 Å². The molecule has 1 aliphatic carbocycles. The molecule has 1 aromatic carbocycles.